The molecule has 0 spiro atoms. The minimum Gasteiger partial charge on any atom is -0.371 e. The highest BCUT2D eigenvalue weighted by molar-refractivity contribution is 6.02. The van der Waals surface area contributed by atoms with Gasteiger partial charge in [0.1, 0.15) is 0 Å². The summed E-state index contributed by atoms with van der Waals surface area (Å²) in [5, 5.41) is 6.48. The summed E-state index contributed by atoms with van der Waals surface area (Å²) in [4.78, 5) is 35.1. The first-order chi connectivity index (χ1) is 16.2. The molecule has 2 N–H and O–H groups in total. The van der Waals surface area contributed by atoms with E-state index in [0.29, 0.717) is 18.7 Å². The zero-order chi connectivity index (χ0) is 22.6. The third-order valence-electron chi connectivity index (χ3n) is 6.92. The normalized spacial score (nSPS) is 21.4. The van der Waals surface area contributed by atoms with E-state index >= 15 is 0 Å². The number of rotatable bonds is 5. The largest absolute Gasteiger partial charge is 0.371 e. The first-order valence-corrected chi connectivity index (χ1v) is 12.3. The summed E-state index contributed by atoms with van der Waals surface area (Å²) in [5.41, 5.74) is 3.34. The minimum absolute atomic E-state index is 0.0338. The molecule has 2 aliphatic heterocycles. The van der Waals surface area contributed by atoms with Gasteiger partial charge in [0.25, 0.3) is 5.91 Å². The molecule has 1 unspecified atom stereocenters. The average Bonchev–Trinajstić information content (AvgIpc) is 3.72. The molecule has 7 heteroatoms. The number of piperazine rings is 1. The summed E-state index contributed by atoms with van der Waals surface area (Å²) in [5.74, 6) is 0.271. The molecule has 1 aliphatic carbocycles. The number of pyridine rings is 1. The zero-order valence-electron chi connectivity index (χ0n) is 19.1. The van der Waals surface area contributed by atoms with Crippen LogP contribution in [0.5, 0.6) is 0 Å². The molecule has 2 aromatic rings. The van der Waals surface area contributed by atoms with Crippen LogP contribution >= 0.6 is 0 Å². The lowest BCUT2D eigenvalue weighted by molar-refractivity contribution is -0.117. The quantitative estimate of drug-likeness (QED) is 0.732. The Kier molecular flexibility index (Phi) is 6.58. The van der Waals surface area contributed by atoms with Crippen molar-refractivity contribution in [2.24, 2.45) is 5.92 Å². The first-order valence-electron chi connectivity index (χ1n) is 12.3. The molecule has 3 aliphatic rings. The monoisotopic (exact) mass is 447 g/mol. The van der Waals surface area contributed by atoms with E-state index in [-0.39, 0.29) is 23.8 Å². The van der Waals surface area contributed by atoms with Crippen LogP contribution in [0.3, 0.4) is 0 Å². The fraction of sp³-hybridized carbons (Fsp3) is 0.500. The number of carbonyl (C=O) groups is 2. The molecular formula is C26H33N5O2. The van der Waals surface area contributed by atoms with Crippen LogP contribution in [0.2, 0.25) is 0 Å². The Balaban J connectivity index is 1.46. The Hall–Kier alpha value is -2.93. The van der Waals surface area contributed by atoms with Gasteiger partial charge in [-0.1, -0.05) is 18.9 Å². The number of hydrogen-bond acceptors (Lipinski definition) is 5. The number of anilines is 2. The van der Waals surface area contributed by atoms with Gasteiger partial charge in [0.15, 0.2) is 0 Å². The van der Waals surface area contributed by atoms with E-state index in [9.17, 15) is 9.59 Å². The number of carbonyl (C=O) groups excluding carboxylic acids is 2. The van der Waals surface area contributed by atoms with Crippen molar-refractivity contribution in [3.63, 3.8) is 0 Å². The average molecular weight is 448 g/mol. The van der Waals surface area contributed by atoms with Gasteiger partial charge < -0.3 is 20.4 Å². The maximum absolute atomic E-state index is 13.9. The SMILES string of the molecule is O=C(Nc1ccc(C(=O)N2CCNCC2c2ccccn2)c(N2CCCCCC2)c1)C1CC1. The molecule has 2 saturated heterocycles. The maximum Gasteiger partial charge on any atom is 0.256 e. The van der Waals surface area contributed by atoms with Gasteiger partial charge in [-0.25, -0.2) is 0 Å². The van der Waals surface area contributed by atoms with E-state index < -0.39 is 0 Å². The summed E-state index contributed by atoms with van der Waals surface area (Å²) in [6.07, 6.45) is 8.41. The van der Waals surface area contributed by atoms with E-state index in [0.717, 1.165) is 62.4 Å². The lowest BCUT2D eigenvalue weighted by Crippen LogP contribution is -2.49. The summed E-state index contributed by atoms with van der Waals surface area (Å²) >= 11 is 0. The van der Waals surface area contributed by atoms with Gasteiger partial charge in [-0.05, 0) is 56.0 Å². The van der Waals surface area contributed by atoms with Crippen molar-refractivity contribution in [2.45, 2.75) is 44.6 Å². The number of nitrogens with zero attached hydrogens (tertiary/aromatic N) is 3. The first kappa shape index (κ1) is 21.9. The fourth-order valence-corrected chi connectivity index (χ4v) is 4.89. The predicted octanol–water partition coefficient (Wildman–Crippen LogP) is 3.60. The molecule has 1 saturated carbocycles. The zero-order valence-corrected chi connectivity index (χ0v) is 19.1. The van der Waals surface area contributed by atoms with Crippen LogP contribution in [0, 0.1) is 5.92 Å². The fourth-order valence-electron chi connectivity index (χ4n) is 4.89. The molecule has 1 aromatic carbocycles. The Morgan fingerprint density at radius 1 is 1.00 bits per heavy atom. The summed E-state index contributed by atoms with van der Waals surface area (Å²) in [7, 11) is 0. The summed E-state index contributed by atoms with van der Waals surface area (Å²) < 4.78 is 0. The Morgan fingerprint density at radius 3 is 2.55 bits per heavy atom. The van der Waals surface area contributed by atoms with Crippen LogP contribution in [0.1, 0.15) is 60.6 Å². The second-order valence-corrected chi connectivity index (χ2v) is 9.37. The molecule has 0 bridgehead atoms. The second kappa shape index (κ2) is 9.91. The molecule has 3 fully saturated rings. The van der Waals surface area contributed by atoms with E-state index in [1.165, 1.54) is 12.8 Å². The third kappa shape index (κ3) is 5.03. The molecule has 7 nitrogen and oxygen atoms in total. The van der Waals surface area contributed by atoms with Crippen LogP contribution in [-0.4, -0.2) is 54.4 Å². The van der Waals surface area contributed by atoms with Crippen molar-refractivity contribution >= 4 is 23.2 Å². The highest BCUT2D eigenvalue weighted by Gasteiger charge is 2.32. The van der Waals surface area contributed by atoms with Crippen LogP contribution in [0.25, 0.3) is 0 Å². The molecule has 1 aromatic heterocycles. The van der Waals surface area contributed by atoms with E-state index in [2.05, 4.69) is 20.5 Å². The van der Waals surface area contributed by atoms with Crippen LogP contribution in [-0.2, 0) is 4.79 Å². The standard InChI is InChI=1S/C26H33N5O2/c32-25(19-8-9-19)29-20-10-11-21(23(17-20)30-14-5-1-2-6-15-30)26(33)31-16-13-27-18-24(31)22-7-3-4-12-28-22/h3-4,7,10-12,17,19,24,27H,1-2,5-6,8-9,13-16,18H2,(H,29,32). The Bertz CT molecular complexity index is 983. The Morgan fingerprint density at radius 2 is 1.82 bits per heavy atom. The van der Waals surface area contributed by atoms with Crippen molar-refractivity contribution in [3.8, 4) is 0 Å². The minimum atomic E-state index is -0.0984. The van der Waals surface area contributed by atoms with Crippen molar-refractivity contribution in [1.29, 1.82) is 0 Å². The number of hydrogen-bond donors (Lipinski definition) is 2. The molecule has 0 radical (unpaired) electrons. The number of amides is 2. The van der Waals surface area contributed by atoms with Gasteiger partial charge >= 0.3 is 0 Å². The number of aromatic nitrogens is 1. The molecule has 174 valence electrons. The molecule has 5 rings (SSSR count). The van der Waals surface area contributed by atoms with E-state index in [4.69, 9.17) is 0 Å². The lowest BCUT2D eigenvalue weighted by Gasteiger charge is -2.37. The highest BCUT2D eigenvalue weighted by Crippen LogP contribution is 2.33. The Labute approximate surface area is 195 Å². The van der Waals surface area contributed by atoms with Crippen molar-refractivity contribution in [3.05, 3.63) is 53.9 Å². The van der Waals surface area contributed by atoms with Gasteiger partial charge in [-0.2, -0.15) is 0 Å². The number of nitrogens with one attached hydrogen (secondary N) is 2. The third-order valence-corrected chi connectivity index (χ3v) is 6.92. The second-order valence-electron chi connectivity index (χ2n) is 9.37. The van der Waals surface area contributed by atoms with Crippen molar-refractivity contribution < 1.29 is 9.59 Å². The number of benzene rings is 1. The van der Waals surface area contributed by atoms with Crippen LogP contribution in [0.4, 0.5) is 11.4 Å². The summed E-state index contributed by atoms with van der Waals surface area (Å²) in [6, 6.07) is 11.6. The van der Waals surface area contributed by atoms with Gasteiger partial charge in [0, 0.05) is 50.5 Å². The topological polar surface area (TPSA) is 77.6 Å². The smallest absolute Gasteiger partial charge is 0.256 e. The molecular weight excluding hydrogens is 414 g/mol. The molecule has 1 atom stereocenters. The van der Waals surface area contributed by atoms with E-state index in [1.54, 1.807) is 6.20 Å². The summed E-state index contributed by atoms with van der Waals surface area (Å²) in [6.45, 7) is 3.97. The van der Waals surface area contributed by atoms with Crippen molar-refractivity contribution in [1.82, 2.24) is 15.2 Å². The van der Waals surface area contributed by atoms with Gasteiger partial charge in [0.2, 0.25) is 5.91 Å². The highest BCUT2D eigenvalue weighted by atomic mass is 16.2. The maximum atomic E-state index is 13.9. The molecule has 3 heterocycles. The van der Waals surface area contributed by atoms with Crippen LogP contribution < -0.4 is 15.5 Å². The van der Waals surface area contributed by atoms with Gasteiger partial charge in [-0.3, -0.25) is 14.6 Å². The molecule has 33 heavy (non-hydrogen) atoms. The van der Waals surface area contributed by atoms with Crippen LogP contribution in [0.15, 0.2) is 42.6 Å². The predicted molar refractivity (Wildman–Crippen MR) is 129 cm³/mol. The van der Waals surface area contributed by atoms with Crippen molar-refractivity contribution in [2.75, 3.05) is 42.9 Å². The lowest BCUT2D eigenvalue weighted by atomic mass is 10.0. The van der Waals surface area contributed by atoms with Gasteiger partial charge in [0.05, 0.1) is 23.0 Å². The van der Waals surface area contributed by atoms with E-state index in [1.807, 2.05) is 41.3 Å². The molecule has 2 amide bonds. The van der Waals surface area contributed by atoms with Gasteiger partial charge in [-0.15, -0.1) is 0 Å².